The van der Waals surface area contributed by atoms with Crippen molar-refractivity contribution in [1.29, 1.82) is 0 Å². The molecule has 4 aromatic rings. The van der Waals surface area contributed by atoms with Crippen molar-refractivity contribution in [3.63, 3.8) is 0 Å². The molecule has 5 heteroatoms. The average Bonchev–Trinajstić information content (AvgIpc) is 2.79. The zero-order valence-electron chi connectivity index (χ0n) is 16.1. The van der Waals surface area contributed by atoms with Crippen LogP contribution in [-0.4, -0.2) is 18.5 Å². The topological polar surface area (TPSA) is 64.6 Å². The van der Waals surface area contributed by atoms with E-state index >= 15 is 0 Å². The lowest BCUT2D eigenvalue weighted by molar-refractivity contribution is -0.136. The molecule has 148 valence electrons. The first-order valence-electron chi connectivity index (χ1n) is 9.46. The van der Waals surface area contributed by atoms with Gasteiger partial charge < -0.3 is 14.8 Å². The van der Waals surface area contributed by atoms with Crippen LogP contribution in [0, 0.1) is 0 Å². The summed E-state index contributed by atoms with van der Waals surface area (Å²) in [5, 5.41) is 4.94. The summed E-state index contributed by atoms with van der Waals surface area (Å²) < 4.78 is 10.8. The number of nitrogens with one attached hydrogen (secondary N) is 1. The lowest BCUT2D eigenvalue weighted by Crippen LogP contribution is -2.17. The van der Waals surface area contributed by atoms with Crippen LogP contribution < -0.4 is 14.8 Å². The summed E-state index contributed by atoms with van der Waals surface area (Å²) in [6, 6.07) is 29.1. The Morgan fingerprint density at radius 3 is 2.13 bits per heavy atom. The van der Waals surface area contributed by atoms with Crippen LogP contribution in [0.2, 0.25) is 0 Å². The normalized spacial score (nSPS) is 10.4. The lowest BCUT2D eigenvalue weighted by atomic mass is 10.1. The number of ether oxygens (including phenoxy) is 2. The van der Waals surface area contributed by atoms with Gasteiger partial charge in [-0.05, 0) is 59.3 Å². The van der Waals surface area contributed by atoms with Crippen LogP contribution in [0.3, 0.4) is 0 Å². The van der Waals surface area contributed by atoms with Crippen molar-refractivity contribution >= 4 is 28.3 Å². The molecule has 0 atom stereocenters. The van der Waals surface area contributed by atoms with Crippen molar-refractivity contribution < 1.29 is 19.1 Å². The monoisotopic (exact) mass is 397 g/mol. The van der Waals surface area contributed by atoms with Crippen LogP contribution in [-0.2, 0) is 4.79 Å². The Morgan fingerprint density at radius 1 is 0.700 bits per heavy atom. The quantitative estimate of drug-likeness (QED) is 0.364. The molecule has 5 nitrogen and oxygen atoms in total. The molecule has 0 aliphatic rings. The van der Waals surface area contributed by atoms with E-state index in [0.29, 0.717) is 22.7 Å². The van der Waals surface area contributed by atoms with Gasteiger partial charge in [-0.3, -0.25) is 4.79 Å². The first-order valence-corrected chi connectivity index (χ1v) is 9.46. The summed E-state index contributed by atoms with van der Waals surface area (Å²) in [5.41, 5.74) is 1.18. The SMILES string of the molecule is O=C(COc1ccc2ccccc2c1)Oc1ccc(NC(=O)c2ccccc2)cc1. The third-order valence-electron chi connectivity index (χ3n) is 4.46. The number of esters is 1. The van der Waals surface area contributed by atoms with Crippen LogP contribution >= 0.6 is 0 Å². The van der Waals surface area contributed by atoms with Crippen molar-refractivity contribution in [2.75, 3.05) is 11.9 Å². The summed E-state index contributed by atoms with van der Waals surface area (Å²) in [4.78, 5) is 24.2. The van der Waals surface area contributed by atoms with Crippen molar-refractivity contribution in [1.82, 2.24) is 0 Å². The summed E-state index contributed by atoms with van der Waals surface area (Å²) >= 11 is 0. The van der Waals surface area contributed by atoms with Gasteiger partial charge in [-0.1, -0.05) is 48.5 Å². The largest absolute Gasteiger partial charge is 0.482 e. The van der Waals surface area contributed by atoms with Gasteiger partial charge >= 0.3 is 5.97 Å². The highest BCUT2D eigenvalue weighted by molar-refractivity contribution is 6.04. The maximum absolute atomic E-state index is 12.2. The Morgan fingerprint density at radius 2 is 1.37 bits per heavy atom. The molecule has 0 spiro atoms. The fourth-order valence-corrected chi connectivity index (χ4v) is 2.96. The summed E-state index contributed by atoms with van der Waals surface area (Å²) in [6.07, 6.45) is 0. The van der Waals surface area contributed by atoms with E-state index in [1.54, 1.807) is 48.5 Å². The Labute approximate surface area is 173 Å². The molecule has 0 saturated carbocycles. The number of fused-ring (bicyclic) bond motifs is 1. The van der Waals surface area contributed by atoms with E-state index in [1.165, 1.54) is 0 Å². The number of hydrogen-bond donors (Lipinski definition) is 1. The molecule has 0 saturated heterocycles. The third kappa shape index (κ3) is 4.83. The number of rotatable bonds is 6. The van der Waals surface area contributed by atoms with Crippen molar-refractivity contribution in [3.05, 3.63) is 103 Å². The zero-order chi connectivity index (χ0) is 20.8. The number of carbonyl (C=O) groups excluding carboxylic acids is 2. The molecule has 4 aromatic carbocycles. The van der Waals surface area contributed by atoms with Crippen LogP contribution in [0.1, 0.15) is 10.4 Å². The molecule has 1 N–H and O–H groups in total. The second-order valence-electron chi connectivity index (χ2n) is 6.62. The summed E-state index contributed by atoms with van der Waals surface area (Å²) in [6.45, 7) is -0.204. The number of hydrogen-bond acceptors (Lipinski definition) is 4. The fourth-order valence-electron chi connectivity index (χ4n) is 2.96. The zero-order valence-corrected chi connectivity index (χ0v) is 16.1. The Hall–Kier alpha value is -4.12. The van der Waals surface area contributed by atoms with Gasteiger partial charge in [0.25, 0.3) is 5.91 Å². The van der Waals surface area contributed by atoms with E-state index in [4.69, 9.17) is 9.47 Å². The minimum atomic E-state index is -0.510. The van der Waals surface area contributed by atoms with Crippen molar-refractivity contribution in [3.8, 4) is 11.5 Å². The van der Waals surface area contributed by atoms with Crippen molar-refractivity contribution in [2.24, 2.45) is 0 Å². The smallest absolute Gasteiger partial charge is 0.349 e. The predicted molar refractivity (Wildman–Crippen MR) is 116 cm³/mol. The highest BCUT2D eigenvalue weighted by atomic mass is 16.6. The molecular weight excluding hydrogens is 378 g/mol. The van der Waals surface area contributed by atoms with E-state index in [-0.39, 0.29) is 12.5 Å². The molecule has 1 amide bonds. The first-order chi connectivity index (χ1) is 14.7. The van der Waals surface area contributed by atoms with Gasteiger partial charge in [0.2, 0.25) is 0 Å². The van der Waals surface area contributed by atoms with Gasteiger partial charge in [0.05, 0.1) is 0 Å². The van der Waals surface area contributed by atoms with Gasteiger partial charge in [-0.25, -0.2) is 4.79 Å². The molecular formula is C25H19NO4. The molecule has 0 bridgehead atoms. The number of carbonyl (C=O) groups is 2. The number of benzene rings is 4. The van der Waals surface area contributed by atoms with E-state index in [2.05, 4.69) is 5.32 Å². The van der Waals surface area contributed by atoms with E-state index in [0.717, 1.165) is 10.8 Å². The summed E-state index contributed by atoms with van der Waals surface area (Å²) in [5.74, 6) is 0.262. The number of amides is 1. The maximum Gasteiger partial charge on any atom is 0.349 e. The highest BCUT2D eigenvalue weighted by Gasteiger charge is 2.08. The average molecular weight is 397 g/mol. The number of anilines is 1. The molecule has 0 radical (unpaired) electrons. The first kappa shape index (κ1) is 19.2. The Balaban J connectivity index is 1.30. The molecule has 4 rings (SSSR count). The molecule has 0 aliphatic carbocycles. The molecule has 0 fully saturated rings. The molecule has 0 unspecified atom stereocenters. The maximum atomic E-state index is 12.2. The van der Waals surface area contributed by atoms with Gasteiger partial charge in [0, 0.05) is 11.3 Å². The molecule has 0 aromatic heterocycles. The van der Waals surface area contributed by atoms with E-state index in [9.17, 15) is 9.59 Å². The van der Waals surface area contributed by atoms with Crippen LogP contribution in [0.4, 0.5) is 5.69 Å². The minimum Gasteiger partial charge on any atom is -0.482 e. The van der Waals surface area contributed by atoms with Gasteiger partial charge in [0.15, 0.2) is 6.61 Å². The van der Waals surface area contributed by atoms with E-state index < -0.39 is 5.97 Å². The minimum absolute atomic E-state index is 0.204. The third-order valence-corrected chi connectivity index (χ3v) is 4.46. The Bertz CT molecular complexity index is 1170. The van der Waals surface area contributed by atoms with Crippen molar-refractivity contribution in [2.45, 2.75) is 0 Å². The van der Waals surface area contributed by atoms with Gasteiger partial charge in [-0.2, -0.15) is 0 Å². The highest BCUT2D eigenvalue weighted by Crippen LogP contribution is 2.21. The van der Waals surface area contributed by atoms with Crippen LogP contribution in [0.25, 0.3) is 10.8 Å². The second kappa shape index (κ2) is 8.92. The standard InChI is InChI=1S/C25H19NO4/c27-24(17-29-23-13-10-18-6-4-5-9-20(18)16-23)30-22-14-11-21(12-15-22)26-25(28)19-7-2-1-3-8-19/h1-16H,17H2,(H,26,28). The van der Waals surface area contributed by atoms with Crippen LogP contribution in [0.5, 0.6) is 11.5 Å². The van der Waals surface area contributed by atoms with Gasteiger partial charge in [-0.15, -0.1) is 0 Å². The fraction of sp³-hybridized carbons (Fsp3) is 0.0400. The lowest BCUT2D eigenvalue weighted by Gasteiger charge is -2.09. The molecule has 30 heavy (non-hydrogen) atoms. The molecule has 0 heterocycles. The second-order valence-corrected chi connectivity index (χ2v) is 6.62. The Kier molecular flexibility index (Phi) is 5.71. The summed E-state index contributed by atoms with van der Waals surface area (Å²) in [7, 11) is 0. The molecule has 0 aliphatic heterocycles. The van der Waals surface area contributed by atoms with Crippen LogP contribution in [0.15, 0.2) is 97.1 Å². The van der Waals surface area contributed by atoms with E-state index in [1.807, 2.05) is 48.5 Å². The predicted octanol–water partition coefficient (Wildman–Crippen LogP) is 5.08. The van der Waals surface area contributed by atoms with Gasteiger partial charge in [0.1, 0.15) is 11.5 Å².